The van der Waals surface area contributed by atoms with Gasteiger partial charge in [0.05, 0.1) is 0 Å². The number of allylic oxidation sites excluding steroid dienone is 2. The Hall–Kier alpha value is -1.69. The molecule has 0 radical (unpaired) electrons. The number of halogens is 3. The van der Waals surface area contributed by atoms with Crippen LogP contribution in [0.3, 0.4) is 0 Å². The van der Waals surface area contributed by atoms with Crippen LogP contribution < -0.4 is 0 Å². The van der Waals surface area contributed by atoms with Gasteiger partial charge in [-0.3, -0.25) is 0 Å². The summed E-state index contributed by atoms with van der Waals surface area (Å²) in [5.41, 5.74) is 0.570. The lowest BCUT2D eigenvalue weighted by Gasteiger charge is -2.26. The van der Waals surface area contributed by atoms with Crippen LogP contribution in [0.5, 0.6) is 0 Å². The molecule has 3 heteroatoms. The zero-order chi connectivity index (χ0) is 19.2. The molecule has 0 atom stereocenters. The molecule has 27 heavy (non-hydrogen) atoms. The molecule has 2 aliphatic rings. The summed E-state index contributed by atoms with van der Waals surface area (Å²) in [4.78, 5) is 0. The molecule has 2 saturated carbocycles. The molecule has 0 unspecified atom stereocenters. The van der Waals surface area contributed by atoms with Gasteiger partial charge >= 0.3 is 0 Å². The molecule has 0 aliphatic heterocycles. The maximum atomic E-state index is 13.4. The summed E-state index contributed by atoms with van der Waals surface area (Å²) in [6.07, 6.45) is 14.4. The first-order valence-corrected chi connectivity index (χ1v) is 10.4. The Morgan fingerprint density at radius 3 is 2.15 bits per heavy atom. The molecular weight excluding hydrogens is 345 g/mol. The Kier molecular flexibility index (Phi) is 7.05. The summed E-state index contributed by atoms with van der Waals surface area (Å²) in [5.74, 6) is 5.02. The molecule has 0 amide bonds. The maximum Gasteiger partial charge on any atom is 0.194 e. The number of hydrogen-bond donors (Lipinski definition) is 0. The molecule has 1 aromatic carbocycles. The first-order valence-electron chi connectivity index (χ1n) is 10.4. The van der Waals surface area contributed by atoms with E-state index in [2.05, 4.69) is 24.8 Å². The summed E-state index contributed by atoms with van der Waals surface area (Å²) >= 11 is 0. The maximum absolute atomic E-state index is 13.4. The quantitative estimate of drug-likeness (QED) is 0.389. The topological polar surface area (TPSA) is 0 Å². The molecule has 0 N–H and O–H groups in total. The molecule has 0 spiro atoms. The molecule has 2 fully saturated rings. The zero-order valence-corrected chi connectivity index (χ0v) is 16.1. The van der Waals surface area contributed by atoms with Gasteiger partial charge in [-0.1, -0.05) is 31.3 Å². The van der Waals surface area contributed by atoms with Crippen molar-refractivity contribution in [2.24, 2.45) is 17.8 Å². The highest BCUT2D eigenvalue weighted by Gasteiger charge is 2.23. The minimum atomic E-state index is -1.38. The molecule has 0 aromatic heterocycles. The van der Waals surface area contributed by atoms with Crippen LogP contribution in [0.2, 0.25) is 0 Å². The van der Waals surface area contributed by atoms with E-state index in [0.717, 1.165) is 43.7 Å². The molecule has 146 valence electrons. The Labute approximate surface area is 161 Å². The fraction of sp³-hybridized carbons (Fsp3) is 0.583. The van der Waals surface area contributed by atoms with Gasteiger partial charge in [0.2, 0.25) is 0 Å². The number of hydrogen-bond acceptors (Lipinski definition) is 0. The van der Waals surface area contributed by atoms with Crippen molar-refractivity contribution >= 4 is 0 Å². The van der Waals surface area contributed by atoms with Gasteiger partial charge < -0.3 is 0 Å². The van der Waals surface area contributed by atoms with E-state index in [4.69, 9.17) is 0 Å². The molecule has 0 saturated heterocycles. The lowest BCUT2D eigenvalue weighted by Crippen LogP contribution is -2.13. The molecule has 0 heterocycles. The Morgan fingerprint density at radius 2 is 1.56 bits per heavy atom. The summed E-state index contributed by atoms with van der Waals surface area (Å²) in [5, 5.41) is 0. The van der Waals surface area contributed by atoms with Gasteiger partial charge in [0.15, 0.2) is 17.5 Å². The zero-order valence-electron chi connectivity index (χ0n) is 16.1. The second-order valence-corrected chi connectivity index (χ2v) is 8.18. The van der Waals surface area contributed by atoms with Crippen LogP contribution in [-0.2, 0) is 0 Å². The highest BCUT2D eigenvalue weighted by molar-refractivity contribution is 5.25. The Balaban J connectivity index is 1.46. The van der Waals surface area contributed by atoms with Crippen LogP contribution in [0.25, 0.3) is 0 Å². The van der Waals surface area contributed by atoms with E-state index in [0.29, 0.717) is 17.4 Å². The third-order valence-electron chi connectivity index (χ3n) is 6.41. The first kappa shape index (κ1) is 20.1. The van der Waals surface area contributed by atoms with Crippen molar-refractivity contribution in [3.05, 3.63) is 47.3 Å². The van der Waals surface area contributed by atoms with E-state index in [1.807, 2.05) is 6.08 Å². The van der Waals surface area contributed by atoms with E-state index < -0.39 is 17.5 Å². The van der Waals surface area contributed by atoms with Crippen LogP contribution in [-0.4, -0.2) is 0 Å². The Morgan fingerprint density at radius 1 is 0.926 bits per heavy atom. The van der Waals surface area contributed by atoms with Crippen molar-refractivity contribution < 1.29 is 13.2 Å². The fourth-order valence-electron chi connectivity index (χ4n) is 4.52. The van der Waals surface area contributed by atoms with Crippen LogP contribution in [0.4, 0.5) is 13.2 Å². The van der Waals surface area contributed by atoms with Crippen molar-refractivity contribution in [2.75, 3.05) is 0 Å². The van der Waals surface area contributed by atoms with E-state index in [1.165, 1.54) is 32.1 Å². The van der Waals surface area contributed by atoms with Crippen molar-refractivity contribution in [1.82, 2.24) is 0 Å². The number of benzene rings is 1. The molecule has 1 aromatic rings. The SMILES string of the molecule is CC[C@H]1CC[C@H](C=CC#C[C@H]2CC[C@H](c3cc(F)c(F)c(F)c3)CC2)CC1. The van der Waals surface area contributed by atoms with Gasteiger partial charge in [0.1, 0.15) is 0 Å². The first-order chi connectivity index (χ1) is 13.1. The minimum absolute atomic E-state index is 0.0944. The van der Waals surface area contributed by atoms with Crippen LogP contribution in [0, 0.1) is 47.0 Å². The predicted molar refractivity (Wildman–Crippen MR) is 104 cm³/mol. The summed E-state index contributed by atoms with van der Waals surface area (Å²) in [6, 6.07) is 2.29. The largest absolute Gasteiger partial charge is 0.204 e. The lowest BCUT2D eigenvalue weighted by atomic mass is 9.79. The smallest absolute Gasteiger partial charge is 0.194 e. The second-order valence-electron chi connectivity index (χ2n) is 8.18. The van der Waals surface area contributed by atoms with Crippen molar-refractivity contribution in [2.45, 2.75) is 70.6 Å². The van der Waals surface area contributed by atoms with Gasteiger partial charge in [-0.05, 0) is 92.9 Å². The van der Waals surface area contributed by atoms with E-state index in [-0.39, 0.29) is 5.92 Å². The van der Waals surface area contributed by atoms with Gasteiger partial charge in [-0.2, -0.15) is 0 Å². The molecular formula is C24H29F3. The van der Waals surface area contributed by atoms with Crippen molar-refractivity contribution in [3.63, 3.8) is 0 Å². The Bertz CT molecular complexity index is 686. The third-order valence-corrected chi connectivity index (χ3v) is 6.41. The van der Waals surface area contributed by atoms with Gasteiger partial charge in [0.25, 0.3) is 0 Å². The summed E-state index contributed by atoms with van der Waals surface area (Å²) in [7, 11) is 0. The second kappa shape index (κ2) is 9.49. The average molecular weight is 374 g/mol. The highest BCUT2D eigenvalue weighted by atomic mass is 19.2. The van der Waals surface area contributed by atoms with Crippen LogP contribution in [0.15, 0.2) is 24.3 Å². The number of rotatable bonds is 3. The normalized spacial score (nSPS) is 28.7. The van der Waals surface area contributed by atoms with Crippen molar-refractivity contribution in [3.8, 4) is 11.8 Å². The molecule has 0 nitrogen and oxygen atoms in total. The summed E-state index contributed by atoms with van der Waals surface area (Å²) in [6.45, 7) is 2.28. The van der Waals surface area contributed by atoms with Crippen LogP contribution >= 0.6 is 0 Å². The monoisotopic (exact) mass is 374 g/mol. The minimum Gasteiger partial charge on any atom is -0.204 e. The average Bonchev–Trinajstić information content (AvgIpc) is 2.70. The lowest BCUT2D eigenvalue weighted by molar-refractivity contribution is 0.304. The van der Waals surface area contributed by atoms with E-state index in [9.17, 15) is 13.2 Å². The van der Waals surface area contributed by atoms with E-state index >= 15 is 0 Å². The van der Waals surface area contributed by atoms with Gasteiger partial charge in [-0.25, -0.2) is 13.2 Å². The fourth-order valence-corrected chi connectivity index (χ4v) is 4.52. The van der Waals surface area contributed by atoms with Gasteiger partial charge in [0, 0.05) is 5.92 Å². The highest BCUT2D eigenvalue weighted by Crippen LogP contribution is 2.36. The molecule has 0 bridgehead atoms. The standard InChI is InChI=1S/C24H29F3/c1-2-17-7-9-18(10-8-17)5-3-4-6-19-11-13-20(14-12-19)21-15-22(25)24(27)23(26)16-21/h3,5,15-20H,2,7-14H2,1H3/t17-,18-,19-,20-. The van der Waals surface area contributed by atoms with E-state index in [1.54, 1.807) is 0 Å². The third kappa shape index (κ3) is 5.41. The van der Waals surface area contributed by atoms with Crippen LogP contribution in [0.1, 0.15) is 76.2 Å². The van der Waals surface area contributed by atoms with Crippen molar-refractivity contribution in [1.29, 1.82) is 0 Å². The molecule has 3 rings (SSSR count). The molecule has 2 aliphatic carbocycles. The summed E-state index contributed by atoms with van der Waals surface area (Å²) < 4.78 is 40.0. The predicted octanol–water partition coefficient (Wildman–Crippen LogP) is 7.15. The van der Waals surface area contributed by atoms with Gasteiger partial charge in [-0.15, -0.1) is 0 Å².